The van der Waals surface area contributed by atoms with Crippen LogP contribution in [-0.2, 0) is 0 Å². The second kappa shape index (κ2) is 7.20. The molecule has 0 spiro atoms. The van der Waals surface area contributed by atoms with E-state index in [0.717, 1.165) is 21.7 Å². The van der Waals surface area contributed by atoms with Crippen molar-refractivity contribution in [3.8, 4) is 0 Å². The van der Waals surface area contributed by atoms with Crippen LogP contribution in [0.1, 0.15) is 31.0 Å². The Morgan fingerprint density at radius 1 is 1.30 bits per heavy atom. The molecule has 106 valence electrons. The summed E-state index contributed by atoms with van der Waals surface area (Å²) in [6.45, 7) is 7.22. The van der Waals surface area contributed by atoms with Gasteiger partial charge in [-0.05, 0) is 61.5 Å². The average molecular weight is 352 g/mol. The van der Waals surface area contributed by atoms with Crippen molar-refractivity contribution in [2.45, 2.75) is 36.9 Å². The SMILES string of the molecule is CCNC(C)c1cc(Br)ccc1Sc1ncc(C)cn1. The lowest BCUT2D eigenvalue weighted by Gasteiger charge is -2.17. The van der Waals surface area contributed by atoms with Crippen molar-refractivity contribution in [3.05, 3.63) is 46.2 Å². The van der Waals surface area contributed by atoms with Gasteiger partial charge in [0.1, 0.15) is 0 Å². The van der Waals surface area contributed by atoms with Crippen LogP contribution in [0.15, 0.2) is 45.1 Å². The summed E-state index contributed by atoms with van der Waals surface area (Å²) in [5.41, 5.74) is 2.33. The fraction of sp³-hybridized carbons (Fsp3) is 0.333. The summed E-state index contributed by atoms with van der Waals surface area (Å²) < 4.78 is 1.09. The van der Waals surface area contributed by atoms with Gasteiger partial charge in [-0.15, -0.1) is 0 Å². The minimum absolute atomic E-state index is 0.297. The van der Waals surface area contributed by atoms with Crippen molar-refractivity contribution in [2.24, 2.45) is 0 Å². The summed E-state index contributed by atoms with van der Waals surface area (Å²) in [5.74, 6) is 0. The molecule has 1 aromatic heterocycles. The van der Waals surface area contributed by atoms with Crippen molar-refractivity contribution in [1.82, 2.24) is 15.3 Å². The topological polar surface area (TPSA) is 37.8 Å². The van der Waals surface area contributed by atoms with Gasteiger partial charge < -0.3 is 5.32 Å². The predicted octanol–water partition coefficient (Wildman–Crippen LogP) is 4.37. The molecular weight excluding hydrogens is 334 g/mol. The van der Waals surface area contributed by atoms with Crippen LogP contribution >= 0.6 is 27.7 Å². The molecule has 0 bridgehead atoms. The number of hydrogen-bond acceptors (Lipinski definition) is 4. The summed E-state index contributed by atoms with van der Waals surface area (Å²) in [5, 5.41) is 4.23. The standard InChI is InChI=1S/C15H18BrN3S/c1-4-17-11(3)13-7-12(16)5-6-14(13)20-15-18-8-10(2)9-19-15/h5-9,11,17H,4H2,1-3H3. The van der Waals surface area contributed by atoms with Gasteiger partial charge in [-0.1, -0.05) is 22.9 Å². The Labute approximate surface area is 132 Å². The number of halogens is 1. The van der Waals surface area contributed by atoms with Gasteiger partial charge in [0.2, 0.25) is 0 Å². The van der Waals surface area contributed by atoms with E-state index in [1.165, 1.54) is 10.5 Å². The molecule has 1 aromatic carbocycles. The van der Waals surface area contributed by atoms with E-state index in [-0.39, 0.29) is 0 Å². The maximum atomic E-state index is 4.36. The van der Waals surface area contributed by atoms with E-state index >= 15 is 0 Å². The Kier molecular flexibility index (Phi) is 5.57. The normalized spacial score (nSPS) is 12.4. The van der Waals surface area contributed by atoms with Crippen LogP contribution in [0.2, 0.25) is 0 Å². The number of nitrogens with zero attached hydrogens (tertiary/aromatic N) is 2. The van der Waals surface area contributed by atoms with Gasteiger partial charge in [0, 0.05) is 27.8 Å². The monoisotopic (exact) mass is 351 g/mol. The van der Waals surface area contributed by atoms with E-state index in [2.05, 4.69) is 63.3 Å². The smallest absolute Gasteiger partial charge is 0.192 e. The number of aryl methyl sites for hydroxylation is 1. The van der Waals surface area contributed by atoms with E-state index in [1.807, 2.05) is 19.3 Å². The Balaban J connectivity index is 2.28. The summed E-state index contributed by atoms with van der Waals surface area (Å²) in [6.07, 6.45) is 3.70. The molecule has 20 heavy (non-hydrogen) atoms. The molecule has 1 unspecified atom stereocenters. The number of nitrogens with one attached hydrogen (secondary N) is 1. The van der Waals surface area contributed by atoms with Crippen LogP contribution in [-0.4, -0.2) is 16.5 Å². The molecule has 2 rings (SSSR count). The average Bonchev–Trinajstić information content (AvgIpc) is 2.43. The Morgan fingerprint density at radius 2 is 2.00 bits per heavy atom. The predicted molar refractivity (Wildman–Crippen MR) is 87.1 cm³/mol. The molecular formula is C15H18BrN3S. The van der Waals surface area contributed by atoms with Crippen molar-refractivity contribution in [3.63, 3.8) is 0 Å². The highest BCUT2D eigenvalue weighted by molar-refractivity contribution is 9.10. The molecule has 0 aliphatic heterocycles. The molecule has 1 N–H and O–H groups in total. The fourth-order valence-corrected chi connectivity index (χ4v) is 3.17. The largest absolute Gasteiger partial charge is 0.310 e. The Morgan fingerprint density at radius 3 is 2.65 bits per heavy atom. The van der Waals surface area contributed by atoms with Crippen LogP contribution in [0.4, 0.5) is 0 Å². The lowest BCUT2D eigenvalue weighted by atomic mass is 10.1. The van der Waals surface area contributed by atoms with Crippen LogP contribution in [0, 0.1) is 6.92 Å². The lowest BCUT2D eigenvalue weighted by Crippen LogP contribution is -2.18. The first kappa shape index (κ1) is 15.5. The summed E-state index contributed by atoms with van der Waals surface area (Å²) in [7, 11) is 0. The van der Waals surface area contributed by atoms with E-state index in [9.17, 15) is 0 Å². The van der Waals surface area contributed by atoms with Gasteiger partial charge in [0.25, 0.3) is 0 Å². The molecule has 2 aromatic rings. The Hall–Kier alpha value is -0.910. The van der Waals surface area contributed by atoms with Crippen molar-refractivity contribution in [1.29, 1.82) is 0 Å². The molecule has 0 fully saturated rings. The van der Waals surface area contributed by atoms with Crippen LogP contribution < -0.4 is 5.32 Å². The van der Waals surface area contributed by atoms with E-state index in [4.69, 9.17) is 0 Å². The van der Waals surface area contributed by atoms with Crippen LogP contribution in [0.3, 0.4) is 0 Å². The van der Waals surface area contributed by atoms with E-state index in [0.29, 0.717) is 6.04 Å². The molecule has 1 atom stereocenters. The zero-order valence-electron chi connectivity index (χ0n) is 11.9. The van der Waals surface area contributed by atoms with Gasteiger partial charge in [-0.2, -0.15) is 0 Å². The maximum Gasteiger partial charge on any atom is 0.192 e. The van der Waals surface area contributed by atoms with Gasteiger partial charge >= 0.3 is 0 Å². The minimum Gasteiger partial charge on any atom is -0.310 e. The van der Waals surface area contributed by atoms with E-state index < -0.39 is 0 Å². The van der Waals surface area contributed by atoms with E-state index in [1.54, 1.807) is 11.8 Å². The van der Waals surface area contributed by atoms with Gasteiger partial charge in [0.15, 0.2) is 5.16 Å². The first-order chi connectivity index (χ1) is 9.60. The lowest BCUT2D eigenvalue weighted by molar-refractivity contribution is 0.589. The maximum absolute atomic E-state index is 4.36. The number of benzene rings is 1. The molecule has 0 aliphatic carbocycles. The fourth-order valence-electron chi connectivity index (χ4n) is 1.90. The molecule has 0 saturated carbocycles. The number of rotatable bonds is 5. The highest BCUT2D eigenvalue weighted by atomic mass is 79.9. The second-order valence-corrected chi connectivity index (χ2v) is 6.53. The highest BCUT2D eigenvalue weighted by Crippen LogP contribution is 2.33. The molecule has 1 heterocycles. The van der Waals surface area contributed by atoms with Crippen molar-refractivity contribution >= 4 is 27.7 Å². The molecule has 0 amide bonds. The summed E-state index contributed by atoms with van der Waals surface area (Å²) >= 11 is 5.15. The zero-order chi connectivity index (χ0) is 14.5. The molecule has 5 heteroatoms. The Bertz CT molecular complexity index is 572. The van der Waals surface area contributed by atoms with Gasteiger partial charge in [-0.3, -0.25) is 0 Å². The first-order valence-electron chi connectivity index (χ1n) is 6.59. The van der Waals surface area contributed by atoms with Crippen molar-refractivity contribution < 1.29 is 0 Å². The quantitative estimate of drug-likeness (QED) is 0.811. The van der Waals surface area contributed by atoms with Crippen LogP contribution in [0.25, 0.3) is 0 Å². The third-order valence-corrected chi connectivity index (χ3v) is 4.39. The minimum atomic E-state index is 0.297. The zero-order valence-corrected chi connectivity index (χ0v) is 14.3. The third kappa shape index (κ3) is 4.04. The van der Waals surface area contributed by atoms with Gasteiger partial charge in [0.05, 0.1) is 0 Å². The third-order valence-electron chi connectivity index (χ3n) is 2.91. The summed E-state index contributed by atoms with van der Waals surface area (Å²) in [4.78, 5) is 9.91. The van der Waals surface area contributed by atoms with Crippen molar-refractivity contribution in [2.75, 3.05) is 6.54 Å². The second-order valence-electron chi connectivity index (χ2n) is 4.61. The van der Waals surface area contributed by atoms with Gasteiger partial charge in [-0.25, -0.2) is 9.97 Å². The first-order valence-corrected chi connectivity index (χ1v) is 8.20. The summed E-state index contributed by atoms with van der Waals surface area (Å²) in [6, 6.07) is 6.62. The molecule has 3 nitrogen and oxygen atoms in total. The highest BCUT2D eigenvalue weighted by Gasteiger charge is 2.12. The van der Waals surface area contributed by atoms with Crippen LogP contribution in [0.5, 0.6) is 0 Å². The number of hydrogen-bond donors (Lipinski definition) is 1. The molecule has 0 radical (unpaired) electrons. The molecule has 0 aliphatic rings. The molecule has 0 saturated heterocycles. The number of aromatic nitrogens is 2.